The number of hydrogen-bond donors (Lipinski definition) is 0. The molecule has 1 heteroatoms. The SMILES string of the molecule is CCCCC#C/C=C/c1ccccc1Br. The van der Waals surface area contributed by atoms with Gasteiger partial charge in [-0.25, -0.2) is 0 Å². The second kappa shape index (κ2) is 7.31. The van der Waals surface area contributed by atoms with Crippen LogP contribution in [0.4, 0.5) is 0 Å². The van der Waals surface area contributed by atoms with Crippen molar-refractivity contribution >= 4 is 22.0 Å². The molecule has 0 aliphatic carbocycles. The summed E-state index contributed by atoms with van der Waals surface area (Å²) in [7, 11) is 0. The van der Waals surface area contributed by atoms with Crippen molar-refractivity contribution in [1.29, 1.82) is 0 Å². The van der Waals surface area contributed by atoms with Gasteiger partial charge in [-0.2, -0.15) is 0 Å². The third kappa shape index (κ3) is 4.85. The van der Waals surface area contributed by atoms with Gasteiger partial charge in [0.1, 0.15) is 0 Å². The van der Waals surface area contributed by atoms with Crippen molar-refractivity contribution in [3.8, 4) is 11.8 Å². The van der Waals surface area contributed by atoms with E-state index in [4.69, 9.17) is 0 Å². The summed E-state index contributed by atoms with van der Waals surface area (Å²) in [4.78, 5) is 0. The van der Waals surface area contributed by atoms with Crippen molar-refractivity contribution in [3.63, 3.8) is 0 Å². The molecular formula is C14H15Br. The first-order valence-corrected chi connectivity index (χ1v) is 6.03. The Labute approximate surface area is 101 Å². The fourth-order valence-electron chi connectivity index (χ4n) is 1.14. The molecule has 1 aromatic rings. The molecule has 0 N–H and O–H groups in total. The summed E-state index contributed by atoms with van der Waals surface area (Å²) in [6.45, 7) is 2.18. The second-order valence-electron chi connectivity index (χ2n) is 3.28. The molecule has 0 heterocycles. The lowest BCUT2D eigenvalue weighted by Gasteiger charge is -1.94. The number of unbranched alkanes of at least 4 members (excludes halogenated alkanes) is 2. The Hall–Kier alpha value is -1.00. The van der Waals surface area contributed by atoms with Crippen LogP contribution in [0.5, 0.6) is 0 Å². The van der Waals surface area contributed by atoms with Gasteiger partial charge in [0.05, 0.1) is 0 Å². The lowest BCUT2D eigenvalue weighted by atomic mass is 10.2. The molecule has 0 aliphatic rings. The second-order valence-corrected chi connectivity index (χ2v) is 4.13. The summed E-state index contributed by atoms with van der Waals surface area (Å²) in [6, 6.07) is 8.13. The van der Waals surface area contributed by atoms with E-state index in [1.54, 1.807) is 0 Å². The van der Waals surface area contributed by atoms with Crippen LogP contribution in [0.25, 0.3) is 6.08 Å². The van der Waals surface area contributed by atoms with Gasteiger partial charge < -0.3 is 0 Å². The van der Waals surface area contributed by atoms with Gasteiger partial charge in [-0.15, -0.1) is 0 Å². The molecule has 1 rings (SSSR count). The van der Waals surface area contributed by atoms with Gasteiger partial charge in [0, 0.05) is 10.9 Å². The van der Waals surface area contributed by atoms with E-state index < -0.39 is 0 Å². The molecule has 78 valence electrons. The largest absolute Gasteiger partial charge is 0.0985 e. The summed E-state index contributed by atoms with van der Waals surface area (Å²) >= 11 is 3.49. The predicted molar refractivity (Wildman–Crippen MR) is 70.5 cm³/mol. The summed E-state index contributed by atoms with van der Waals surface area (Å²) in [5.41, 5.74) is 1.17. The van der Waals surface area contributed by atoms with Crippen LogP contribution in [0.2, 0.25) is 0 Å². The topological polar surface area (TPSA) is 0 Å². The van der Waals surface area contributed by atoms with Gasteiger partial charge in [0.25, 0.3) is 0 Å². The zero-order valence-electron chi connectivity index (χ0n) is 8.96. The van der Waals surface area contributed by atoms with Gasteiger partial charge in [0.15, 0.2) is 0 Å². The highest BCUT2D eigenvalue weighted by atomic mass is 79.9. The molecule has 0 amide bonds. The first kappa shape index (κ1) is 12.1. The third-order valence-corrected chi connectivity index (χ3v) is 2.73. The lowest BCUT2D eigenvalue weighted by Crippen LogP contribution is -1.72. The molecule has 0 radical (unpaired) electrons. The van der Waals surface area contributed by atoms with Gasteiger partial charge >= 0.3 is 0 Å². The van der Waals surface area contributed by atoms with Crippen molar-refractivity contribution in [2.75, 3.05) is 0 Å². The number of rotatable bonds is 3. The molecule has 0 fully saturated rings. The molecule has 0 saturated carbocycles. The molecule has 0 atom stereocenters. The van der Waals surface area contributed by atoms with Crippen LogP contribution < -0.4 is 0 Å². The van der Waals surface area contributed by atoms with Crippen molar-refractivity contribution in [2.24, 2.45) is 0 Å². The monoisotopic (exact) mass is 262 g/mol. The predicted octanol–water partition coefficient (Wildman–Crippen LogP) is 4.66. The van der Waals surface area contributed by atoms with Crippen LogP contribution in [0, 0.1) is 11.8 Å². The lowest BCUT2D eigenvalue weighted by molar-refractivity contribution is 0.828. The summed E-state index contributed by atoms with van der Waals surface area (Å²) in [6.07, 6.45) is 7.34. The highest BCUT2D eigenvalue weighted by molar-refractivity contribution is 9.10. The van der Waals surface area contributed by atoms with Crippen LogP contribution in [0.15, 0.2) is 34.8 Å². The van der Waals surface area contributed by atoms with Crippen LogP contribution >= 0.6 is 15.9 Å². The van der Waals surface area contributed by atoms with Gasteiger partial charge in [-0.3, -0.25) is 0 Å². The van der Waals surface area contributed by atoms with Gasteiger partial charge in [-0.05, 0) is 30.2 Å². The molecule has 0 nitrogen and oxygen atoms in total. The Morgan fingerprint density at radius 2 is 2.13 bits per heavy atom. The van der Waals surface area contributed by atoms with Crippen molar-refractivity contribution < 1.29 is 0 Å². The van der Waals surface area contributed by atoms with E-state index in [9.17, 15) is 0 Å². The van der Waals surface area contributed by atoms with Crippen molar-refractivity contribution in [2.45, 2.75) is 26.2 Å². The molecule has 0 unspecified atom stereocenters. The van der Waals surface area contributed by atoms with Crippen LogP contribution in [0.1, 0.15) is 31.7 Å². The molecule has 0 aromatic heterocycles. The first-order chi connectivity index (χ1) is 7.34. The van der Waals surface area contributed by atoms with E-state index in [2.05, 4.69) is 40.8 Å². The van der Waals surface area contributed by atoms with E-state index in [1.807, 2.05) is 30.4 Å². The standard InChI is InChI=1S/C14H15Br/c1-2-3-4-5-6-7-10-13-11-8-9-12-14(13)15/h7-12H,2-4H2,1H3/b10-7+. The Balaban J connectivity index is 2.50. The highest BCUT2D eigenvalue weighted by Crippen LogP contribution is 2.16. The van der Waals surface area contributed by atoms with Crippen molar-refractivity contribution in [1.82, 2.24) is 0 Å². The number of allylic oxidation sites excluding steroid dienone is 1. The van der Waals surface area contributed by atoms with Crippen LogP contribution in [-0.2, 0) is 0 Å². The molecule has 15 heavy (non-hydrogen) atoms. The Kier molecular flexibility index (Phi) is 5.88. The highest BCUT2D eigenvalue weighted by Gasteiger charge is 1.90. The van der Waals surface area contributed by atoms with E-state index in [1.165, 1.54) is 18.4 Å². The minimum absolute atomic E-state index is 0.997. The van der Waals surface area contributed by atoms with Gasteiger partial charge in [0.2, 0.25) is 0 Å². The van der Waals surface area contributed by atoms with Crippen LogP contribution in [-0.4, -0.2) is 0 Å². The number of hydrogen-bond acceptors (Lipinski definition) is 0. The number of benzene rings is 1. The fourth-order valence-corrected chi connectivity index (χ4v) is 1.55. The van der Waals surface area contributed by atoms with Crippen molar-refractivity contribution in [3.05, 3.63) is 40.4 Å². The quantitative estimate of drug-likeness (QED) is 0.549. The third-order valence-electron chi connectivity index (χ3n) is 2.01. The van der Waals surface area contributed by atoms with Gasteiger partial charge in [-0.1, -0.05) is 59.3 Å². The molecule has 1 aromatic carbocycles. The van der Waals surface area contributed by atoms with E-state index in [0.29, 0.717) is 0 Å². The molecule has 0 aliphatic heterocycles. The minimum atomic E-state index is 0.997. The Morgan fingerprint density at radius 3 is 2.87 bits per heavy atom. The zero-order valence-corrected chi connectivity index (χ0v) is 10.5. The fraction of sp³-hybridized carbons (Fsp3) is 0.286. The average Bonchev–Trinajstić information content (AvgIpc) is 2.25. The van der Waals surface area contributed by atoms with E-state index in [0.717, 1.165) is 10.9 Å². The van der Waals surface area contributed by atoms with E-state index >= 15 is 0 Å². The Bertz CT molecular complexity index is 380. The van der Waals surface area contributed by atoms with E-state index in [-0.39, 0.29) is 0 Å². The zero-order chi connectivity index (χ0) is 10.9. The minimum Gasteiger partial charge on any atom is -0.0985 e. The van der Waals surface area contributed by atoms with Crippen LogP contribution in [0.3, 0.4) is 0 Å². The molecule has 0 spiro atoms. The maximum absolute atomic E-state index is 3.49. The average molecular weight is 263 g/mol. The smallest absolute Gasteiger partial charge is 0.0247 e. The normalized spacial score (nSPS) is 10.0. The molecule has 0 bridgehead atoms. The maximum atomic E-state index is 3.49. The first-order valence-electron chi connectivity index (χ1n) is 5.24. The summed E-state index contributed by atoms with van der Waals surface area (Å²) < 4.78 is 1.11. The molecule has 0 saturated heterocycles. The maximum Gasteiger partial charge on any atom is 0.0247 e. The number of halogens is 1. The summed E-state index contributed by atoms with van der Waals surface area (Å²) in [5.74, 6) is 6.17. The molecular weight excluding hydrogens is 248 g/mol. The Morgan fingerprint density at radius 1 is 1.33 bits per heavy atom. The summed E-state index contributed by atoms with van der Waals surface area (Å²) in [5, 5.41) is 0.